The molecule has 2 amide bonds. The molecule has 130 valence electrons. The van der Waals surface area contributed by atoms with Crippen LogP contribution >= 0.6 is 0 Å². The molecule has 3 aliphatic rings. The van der Waals surface area contributed by atoms with E-state index in [-0.39, 0.29) is 17.9 Å². The highest BCUT2D eigenvalue weighted by atomic mass is 16.5. The fourth-order valence-electron chi connectivity index (χ4n) is 4.18. The molecule has 2 heterocycles. The van der Waals surface area contributed by atoms with Crippen LogP contribution in [0.5, 0.6) is 0 Å². The van der Waals surface area contributed by atoms with Crippen LogP contribution in [0.3, 0.4) is 0 Å². The molecule has 1 aliphatic carbocycles. The van der Waals surface area contributed by atoms with Crippen molar-refractivity contribution >= 4 is 11.8 Å². The van der Waals surface area contributed by atoms with Crippen molar-refractivity contribution < 1.29 is 19.2 Å². The fourth-order valence-corrected chi connectivity index (χ4v) is 4.18. The summed E-state index contributed by atoms with van der Waals surface area (Å²) in [7, 11) is 0. The predicted molar refractivity (Wildman–Crippen MR) is 86.1 cm³/mol. The zero-order chi connectivity index (χ0) is 16.1. The van der Waals surface area contributed by atoms with E-state index in [2.05, 4.69) is 5.32 Å². The van der Waals surface area contributed by atoms with Gasteiger partial charge in [0.15, 0.2) is 0 Å². The van der Waals surface area contributed by atoms with Crippen molar-refractivity contribution in [2.75, 3.05) is 39.4 Å². The maximum atomic E-state index is 12.5. The minimum atomic E-state index is -0.221. The van der Waals surface area contributed by atoms with Crippen LogP contribution < -0.4 is 10.2 Å². The van der Waals surface area contributed by atoms with Crippen molar-refractivity contribution in [3.8, 4) is 0 Å². The molecular formula is C17H30N3O3+. The lowest BCUT2D eigenvalue weighted by Gasteiger charge is -2.30. The molecule has 1 saturated carbocycles. The van der Waals surface area contributed by atoms with Crippen molar-refractivity contribution in [2.24, 2.45) is 0 Å². The van der Waals surface area contributed by atoms with E-state index in [1.54, 1.807) is 4.90 Å². The predicted octanol–water partition coefficient (Wildman–Crippen LogP) is -0.659. The average Bonchev–Trinajstić information content (AvgIpc) is 3.21. The van der Waals surface area contributed by atoms with Gasteiger partial charge in [-0.3, -0.25) is 9.59 Å². The van der Waals surface area contributed by atoms with Crippen molar-refractivity contribution in [3.63, 3.8) is 0 Å². The zero-order valence-corrected chi connectivity index (χ0v) is 14.0. The first-order chi connectivity index (χ1) is 11.3. The molecule has 0 aromatic rings. The van der Waals surface area contributed by atoms with Crippen molar-refractivity contribution in [1.29, 1.82) is 0 Å². The lowest BCUT2D eigenvalue weighted by Crippen LogP contribution is -3.14. The molecule has 23 heavy (non-hydrogen) atoms. The molecule has 3 rings (SSSR count). The van der Waals surface area contributed by atoms with Crippen LogP contribution in [-0.4, -0.2) is 68.2 Å². The Morgan fingerprint density at radius 2 is 1.96 bits per heavy atom. The highest BCUT2D eigenvalue weighted by Crippen LogP contribution is 2.30. The molecule has 1 atom stereocenters. The molecule has 2 saturated heterocycles. The molecule has 0 spiro atoms. The van der Waals surface area contributed by atoms with Crippen LogP contribution in [0, 0.1) is 0 Å². The van der Waals surface area contributed by atoms with Gasteiger partial charge in [0.2, 0.25) is 11.8 Å². The zero-order valence-electron chi connectivity index (χ0n) is 14.0. The minimum Gasteiger partial charge on any atom is -0.370 e. The van der Waals surface area contributed by atoms with E-state index in [1.807, 2.05) is 4.90 Å². The van der Waals surface area contributed by atoms with Gasteiger partial charge in [0.05, 0.1) is 19.8 Å². The Morgan fingerprint density at radius 1 is 1.22 bits per heavy atom. The maximum absolute atomic E-state index is 12.5. The van der Waals surface area contributed by atoms with Crippen LogP contribution in [0.4, 0.5) is 0 Å². The van der Waals surface area contributed by atoms with Crippen LogP contribution in [0.15, 0.2) is 0 Å². The first-order valence-electron chi connectivity index (χ1n) is 9.26. The third-order valence-corrected chi connectivity index (χ3v) is 5.48. The third kappa shape index (κ3) is 4.23. The number of hydrogen-bond acceptors (Lipinski definition) is 3. The third-order valence-electron chi connectivity index (χ3n) is 5.48. The van der Waals surface area contributed by atoms with Gasteiger partial charge < -0.3 is 19.9 Å². The quantitative estimate of drug-likeness (QED) is 0.638. The van der Waals surface area contributed by atoms with E-state index < -0.39 is 0 Å². The van der Waals surface area contributed by atoms with Crippen molar-refractivity contribution in [3.05, 3.63) is 0 Å². The Bertz CT molecular complexity index is 417. The van der Waals surface area contributed by atoms with Gasteiger partial charge >= 0.3 is 0 Å². The number of morpholine rings is 1. The van der Waals surface area contributed by atoms with E-state index in [0.29, 0.717) is 25.4 Å². The molecule has 6 nitrogen and oxygen atoms in total. The van der Waals surface area contributed by atoms with Gasteiger partial charge in [-0.1, -0.05) is 12.8 Å². The monoisotopic (exact) mass is 324 g/mol. The van der Waals surface area contributed by atoms with Gasteiger partial charge in [-0.05, 0) is 19.3 Å². The summed E-state index contributed by atoms with van der Waals surface area (Å²) < 4.78 is 5.35. The number of amides is 2. The van der Waals surface area contributed by atoms with Gasteiger partial charge in [-0.25, -0.2) is 0 Å². The Labute approximate surface area is 138 Å². The lowest BCUT2D eigenvalue weighted by molar-refractivity contribution is -0.908. The van der Waals surface area contributed by atoms with Gasteiger partial charge in [-0.2, -0.15) is 0 Å². The number of likely N-dealkylation sites (tertiary alicyclic amines) is 1. The minimum absolute atomic E-state index is 0.0553. The summed E-state index contributed by atoms with van der Waals surface area (Å²) in [6, 6.07) is 0.0832. The van der Waals surface area contributed by atoms with Crippen molar-refractivity contribution in [1.82, 2.24) is 10.2 Å². The van der Waals surface area contributed by atoms with Crippen LogP contribution in [-0.2, 0) is 14.3 Å². The Hall–Kier alpha value is -1.14. The van der Waals surface area contributed by atoms with Crippen LogP contribution in [0.25, 0.3) is 0 Å². The van der Waals surface area contributed by atoms with Crippen LogP contribution in [0.2, 0.25) is 0 Å². The number of hydrogen-bond donors (Lipinski definition) is 2. The van der Waals surface area contributed by atoms with Gasteiger partial charge in [0.1, 0.15) is 19.1 Å². The second kappa shape index (κ2) is 8.11. The number of carbonyl (C=O) groups excluding carboxylic acids is 2. The summed E-state index contributed by atoms with van der Waals surface area (Å²) in [6.07, 6.45) is 6.72. The molecule has 0 aromatic heterocycles. The van der Waals surface area contributed by atoms with Gasteiger partial charge in [0, 0.05) is 25.4 Å². The van der Waals surface area contributed by atoms with Crippen LogP contribution in [0.1, 0.15) is 44.9 Å². The number of nitrogens with zero attached hydrogens (tertiary/aromatic N) is 1. The second-order valence-electron chi connectivity index (χ2n) is 7.05. The first kappa shape index (κ1) is 16.7. The molecule has 3 fully saturated rings. The van der Waals surface area contributed by atoms with E-state index in [4.69, 9.17) is 4.74 Å². The molecule has 0 radical (unpaired) electrons. The Kier molecular flexibility index (Phi) is 5.89. The lowest BCUT2D eigenvalue weighted by atomic mass is 10.1. The summed E-state index contributed by atoms with van der Waals surface area (Å²) >= 11 is 0. The van der Waals surface area contributed by atoms with Crippen molar-refractivity contribution in [2.45, 2.75) is 57.0 Å². The molecule has 2 N–H and O–H groups in total. The normalized spacial score (nSPS) is 26.9. The maximum Gasteiger partial charge on any atom is 0.242 e. The molecule has 1 unspecified atom stereocenters. The topological polar surface area (TPSA) is 63.1 Å². The summed E-state index contributed by atoms with van der Waals surface area (Å²) in [5.41, 5.74) is 0. The first-order valence-corrected chi connectivity index (χ1v) is 9.26. The standard InChI is InChI=1S/C17H29N3O3/c21-16-7-6-15(20(16)14-4-1-2-5-14)17(22)18-8-3-9-19-10-12-23-13-11-19/h14-15H,1-13H2,(H,18,22)/p+1. The second-order valence-corrected chi connectivity index (χ2v) is 7.05. The van der Waals surface area contributed by atoms with E-state index in [9.17, 15) is 9.59 Å². The average molecular weight is 324 g/mol. The van der Waals surface area contributed by atoms with E-state index in [0.717, 1.165) is 52.1 Å². The molecule has 0 aromatic carbocycles. The molecule has 0 bridgehead atoms. The Morgan fingerprint density at radius 3 is 2.70 bits per heavy atom. The molecule has 6 heteroatoms. The molecule has 2 aliphatic heterocycles. The largest absolute Gasteiger partial charge is 0.370 e. The number of quaternary nitrogens is 1. The van der Waals surface area contributed by atoms with E-state index >= 15 is 0 Å². The highest BCUT2D eigenvalue weighted by Gasteiger charge is 2.40. The Balaban J connectivity index is 1.41. The fraction of sp³-hybridized carbons (Fsp3) is 0.882. The number of ether oxygens (including phenoxy) is 1. The summed E-state index contributed by atoms with van der Waals surface area (Å²) in [5, 5.41) is 3.06. The number of nitrogens with one attached hydrogen (secondary N) is 2. The molecular weight excluding hydrogens is 294 g/mol. The van der Waals surface area contributed by atoms with E-state index in [1.165, 1.54) is 12.8 Å². The smallest absolute Gasteiger partial charge is 0.242 e. The van der Waals surface area contributed by atoms with Gasteiger partial charge in [-0.15, -0.1) is 0 Å². The number of rotatable bonds is 6. The SMILES string of the molecule is O=C(NCCC[NH+]1CCOCC1)C1CCC(=O)N1C1CCCC1. The summed E-state index contributed by atoms with van der Waals surface area (Å²) in [4.78, 5) is 28.1. The summed E-state index contributed by atoms with van der Waals surface area (Å²) in [6.45, 7) is 5.64. The van der Waals surface area contributed by atoms with Gasteiger partial charge in [0.25, 0.3) is 0 Å². The summed E-state index contributed by atoms with van der Waals surface area (Å²) in [5.74, 6) is 0.231. The highest BCUT2D eigenvalue weighted by molar-refractivity contribution is 5.91. The number of carbonyl (C=O) groups is 2.